The van der Waals surface area contributed by atoms with Crippen molar-refractivity contribution in [1.29, 1.82) is 0 Å². The maximum atomic E-state index is 13.4. The van der Waals surface area contributed by atoms with Gasteiger partial charge in [-0.05, 0) is 109 Å². The highest BCUT2D eigenvalue weighted by Crippen LogP contribution is 2.26. The Morgan fingerprint density at radius 3 is 1.42 bits per heavy atom. The highest BCUT2D eigenvalue weighted by Gasteiger charge is 2.47. The number of aliphatic hydroxyl groups excluding tert-OH is 5. The molecule has 1 aliphatic rings. The van der Waals surface area contributed by atoms with Crippen molar-refractivity contribution in [2.24, 2.45) is 0 Å². The largest absolute Gasteiger partial charge is 0.454 e. The van der Waals surface area contributed by atoms with Gasteiger partial charge in [-0.25, -0.2) is 0 Å². The van der Waals surface area contributed by atoms with Crippen LogP contribution in [0.15, 0.2) is 134 Å². The van der Waals surface area contributed by atoms with Gasteiger partial charge in [0.1, 0.15) is 24.4 Å². The lowest BCUT2D eigenvalue weighted by atomic mass is 9.99. The van der Waals surface area contributed by atoms with Crippen LogP contribution in [0.4, 0.5) is 0 Å². The van der Waals surface area contributed by atoms with Gasteiger partial charge in [0.2, 0.25) is 5.91 Å². The molecule has 6 N–H and O–H groups in total. The van der Waals surface area contributed by atoms with Gasteiger partial charge in [-0.15, -0.1) is 0 Å². The summed E-state index contributed by atoms with van der Waals surface area (Å²) in [6.45, 7) is 5.48. The highest BCUT2D eigenvalue weighted by molar-refractivity contribution is 5.80. The van der Waals surface area contributed by atoms with E-state index in [4.69, 9.17) is 14.2 Å². The van der Waals surface area contributed by atoms with Crippen molar-refractivity contribution < 1.29 is 49.3 Å². The molecule has 0 aromatic heterocycles. The van der Waals surface area contributed by atoms with Gasteiger partial charge >= 0.3 is 5.97 Å². The van der Waals surface area contributed by atoms with Crippen LogP contribution in [0, 0.1) is 0 Å². The lowest BCUT2D eigenvalue weighted by Crippen LogP contribution is -2.61. The smallest absolute Gasteiger partial charge is 0.306 e. The number of nitrogens with one attached hydrogen (secondary N) is 1. The van der Waals surface area contributed by atoms with Crippen LogP contribution < -0.4 is 5.32 Å². The summed E-state index contributed by atoms with van der Waals surface area (Å²) in [6, 6.07) is -1.06. The second-order valence-electron chi connectivity index (χ2n) is 19.6. The standard InChI is InChI=1S/C65H105NO10/c1-4-7-10-13-16-19-22-25-27-29-31-32-34-37-40-43-46-49-52-58(69)64(73)66-56(57(68)51-48-45-42-39-36-24-21-18-15-12-9-6-3)55-74-65-63(62(72)61(71)59(54-67)75-65)76-60(70)53-50-47-44-41-38-35-33-30-28-26-23-20-17-14-11-8-5-2/h7-8,10-11,16-17,19-20,25-28,31-33,35,37,40-41,44,48,51,56-59,61-63,65,67-69,71-72H,4-6,9,12-15,18,21-24,29-30,34,36,38-39,42-43,45-47,49-50,52-55H2,1-3H3,(H,66,73)/b10-7-,11-8-,19-16-,20-17-,27-25-,28-26-,32-31-,35-33-,40-37-,44-41-,51-48+. The normalized spacial score (nSPS) is 20.1. The molecule has 8 atom stereocenters. The van der Waals surface area contributed by atoms with E-state index >= 15 is 0 Å². The van der Waals surface area contributed by atoms with E-state index in [1.165, 1.54) is 44.9 Å². The first kappa shape index (κ1) is 69.8. The quantitative estimate of drug-likeness (QED) is 0.0195. The highest BCUT2D eigenvalue weighted by atomic mass is 16.7. The summed E-state index contributed by atoms with van der Waals surface area (Å²) >= 11 is 0. The third kappa shape index (κ3) is 39.2. The van der Waals surface area contributed by atoms with E-state index in [2.05, 4.69) is 135 Å². The van der Waals surface area contributed by atoms with Crippen molar-refractivity contribution in [3.05, 3.63) is 134 Å². The van der Waals surface area contributed by atoms with Crippen molar-refractivity contribution in [3.8, 4) is 0 Å². The average molecular weight is 1060 g/mol. The Labute approximate surface area is 461 Å². The summed E-state index contributed by atoms with van der Waals surface area (Å²) in [5.41, 5.74) is 0. The van der Waals surface area contributed by atoms with Gasteiger partial charge < -0.3 is 45.1 Å². The number of allylic oxidation sites excluding steroid dienone is 21. The summed E-state index contributed by atoms with van der Waals surface area (Å²) in [6.07, 6.45) is 62.1. The van der Waals surface area contributed by atoms with Gasteiger partial charge in [0.25, 0.3) is 0 Å². The van der Waals surface area contributed by atoms with E-state index in [9.17, 15) is 35.1 Å². The minimum atomic E-state index is -1.65. The molecule has 1 heterocycles. The lowest BCUT2D eigenvalue weighted by Gasteiger charge is -2.41. The van der Waals surface area contributed by atoms with Gasteiger partial charge in [0.15, 0.2) is 12.4 Å². The number of amides is 1. The fourth-order valence-electron chi connectivity index (χ4n) is 8.18. The minimum Gasteiger partial charge on any atom is -0.454 e. The molecule has 0 saturated carbocycles. The van der Waals surface area contributed by atoms with Crippen LogP contribution in [0.2, 0.25) is 0 Å². The van der Waals surface area contributed by atoms with Gasteiger partial charge in [-0.1, -0.05) is 219 Å². The second kappa shape index (κ2) is 51.6. The Morgan fingerprint density at radius 1 is 0.526 bits per heavy atom. The number of esters is 1. The summed E-state index contributed by atoms with van der Waals surface area (Å²) in [5.74, 6) is -1.30. The monoisotopic (exact) mass is 1060 g/mol. The van der Waals surface area contributed by atoms with Crippen molar-refractivity contribution >= 4 is 11.9 Å². The SMILES string of the molecule is CC/C=C\C/C=C\C/C=C\C/C=C\C/C=C\CCCCC(O)C(=O)NC(COC1OC(CO)C(O)C(O)C1OC(=O)CCC/C=C\C/C=C\C/C=C\C/C=C\C/C=C\CC)C(O)/C=C/CCCCCCCCCCCC. The Hall–Kier alpha value is -4.20. The number of ether oxygens (including phenoxy) is 3. The fourth-order valence-corrected chi connectivity index (χ4v) is 8.18. The molecule has 76 heavy (non-hydrogen) atoms. The Morgan fingerprint density at radius 2 is 0.947 bits per heavy atom. The van der Waals surface area contributed by atoms with E-state index in [0.717, 1.165) is 103 Å². The van der Waals surface area contributed by atoms with E-state index in [-0.39, 0.29) is 19.4 Å². The zero-order valence-corrected chi connectivity index (χ0v) is 47.3. The molecule has 430 valence electrons. The third-order valence-corrected chi connectivity index (χ3v) is 12.8. The fraction of sp³-hybridized carbons (Fsp3) is 0.631. The molecule has 1 aliphatic heterocycles. The van der Waals surface area contributed by atoms with Crippen molar-refractivity contribution in [2.45, 2.75) is 250 Å². The first-order valence-electron chi connectivity index (χ1n) is 29.5. The topological polar surface area (TPSA) is 175 Å². The molecular weight excluding hydrogens is 955 g/mol. The van der Waals surface area contributed by atoms with Gasteiger partial charge in [-0.2, -0.15) is 0 Å². The van der Waals surface area contributed by atoms with E-state index in [1.54, 1.807) is 6.08 Å². The molecule has 0 spiro atoms. The van der Waals surface area contributed by atoms with Crippen molar-refractivity contribution in [2.75, 3.05) is 13.2 Å². The predicted octanol–water partition coefficient (Wildman–Crippen LogP) is 13.7. The Kier molecular flexibility index (Phi) is 47.4. The number of unbranched alkanes of at least 4 members (excludes halogenated alkanes) is 13. The Balaban J connectivity index is 2.79. The van der Waals surface area contributed by atoms with E-state index in [1.807, 2.05) is 18.2 Å². The molecule has 1 saturated heterocycles. The van der Waals surface area contributed by atoms with Crippen molar-refractivity contribution in [1.82, 2.24) is 5.32 Å². The molecule has 0 aromatic carbocycles. The van der Waals surface area contributed by atoms with Crippen LogP contribution in [0.3, 0.4) is 0 Å². The average Bonchev–Trinajstić information content (AvgIpc) is 3.42. The van der Waals surface area contributed by atoms with Crippen LogP contribution in [0.25, 0.3) is 0 Å². The molecule has 1 rings (SSSR count). The van der Waals surface area contributed by atoms with Crippen LogP contribution >= 0.6 is 0 Å². The number of carbonyl (C=O) groups is 2. The number of aliphatic hydroxyl groups is 5. The summed E-state index contributed by atoms with van der Waals surface area (Å²) in [4.78, 5) is 26.5. The van der Waals surface area contributed by atoms with Gasteiger partial charge in [0, 0.05) is 6.42 Å². The molecule has 11 heteroatoms. The first-order chi connectivity index (χ1) is 37.2. The van der Waals surface area contributed by atoms with Crippen molar-refractivity contribution in [3.63, 3.8) is 0 Å². The number of carbonyl (C=O) groups excluding carboxylic acids is 2. The molecule has 0 aromatic rings. The molecular formula is C65H105NO10. The second-order valence-corrected chi connectivity index (χ2v) is 19.6. The van der Waals surface area contributed by atoms with E-state index < -0.39 is 67.4 Å². The molecule has 0 bridgehead atoms. The Bertz CT molecular complexity index is 1740. The predicted molar refractivity (Wildman–Crippen MR) is 314 cm³/mol. The molecule has 1 fully saturated rings. The summed E-state index contributed by atoms with van der Waals surface area (Å²) < 4.78 is 17.5. The number of hydrogen-bond donors (Lipinski definition) is 6. The van der Waals surface area contributed by atoms with Gasteiger partial charge in [0.05, 0.1) is 25.4 Å². The molecule has 0 aliphatic carbocycles. The van der Waals surface area contributed by atoms with Crippen LogP contribution in [0.1, 0.15) is 201 Å². The lowest BCUT2D eigenvalue weighted by molar-refractivity contribution is -0.305. The summed E-state index contributed by atoms with van der Waals surface area (Å²) in [5, 5.41) is 56.8. The van der Waals surface area contributed by atoms with Crippen LogP contribution in [0.5, 0.6) is 0 Å². The molecule has 1 amide bonds. The summed E-state index contributed by atoms with van der Waals surface area (Å²) in [7, 11) is 0. The number of hydrogen-bond acceptors (Lipinski definition) is 10. The van der Waals surface area contributed by atoms with E-state index in [0.29, 0.717) is 19.3 Å². The maximum absolute atomic E-state index is 13.4. The van der Waals surface area contributed by atoms with Crippen LogP contribution in [-0.2, 0) is 23.8 Å². The zero-order valence-electron chi connectivity index (χ0n) is 47.3. The first-order valence-corrected chi connectivity index (χ1v) is 29.5. The molecule has 0 radical (unpaired) electrons. The molecule has 11 nitrogen and oxygen atoms in total. The number of rotatable bonds is 47. The zero-order chi connectivity index (χ0) is 55.4. The van der Waals surface area contributed by atoms with Crippen LogP contribution in [-0.4, -0.2) is 99.6 Å². The minimum absolute atomic E-state index is 0.0330. The molecule has 8 unspecified atom stereocenters. The third-order valence-electron chi connectivity index (χ3n) is 12.8. The van der Waals surface area contributed by atoms with Gasteiger partial charge in [-0.3, -0.25) is 9.59 Å². The maximum Gasteiger partial charge on any atom is 0.306 e.